The highest BCUT2D eigenvalue weighted by molar-refractivity contribution is 5.00. The van der Waals surface area contributed by atoms with Crippen molar-refractivity contribution < 1.29 is 5.11 Å². The van der Waals surface area contributed by atoms with E-state index in [0.29, 0.717) is 0 Å². The van der Waals surface area contributed by atoms with Crippen molar-refractivity contribution in [2.75, 3.05) is 6.61 Å². The first-order chi connectivity index (χ1) is 5.35. The summed E-state index contributed by atoms with van der Waals surface area (Å²) in [5.41, 5.74) is 0.138. The van der Waals surface area contributed by atoms with Crippen molar-refractivity contribution in [2.24, 2.45) is 5.41 Å². The van der Waals surface area contributed by atoms with E-state index in [0.717, 1.165) is 25.1 Å². The Bertz CT molecular complexity index is 228. The zero-order valence-electron chi connectivity index (χ0n) is 6.25. The summed E-state index contributed by atoms with van der Waals surface area (Å²) in [4.78, 5) is 4.01. The molecule has 1 fully saturated rings. The molecule has 0 radical (unpaired) electrons. The molecule has 4 heteroatoms. The Balaban J connectivity index is 2.01. The quantitative estimate of drug-likeness (QED) is 0.648. The van der Waals surface area contributed by atoms with Crippen molar-refractivity contribution in [3.8, 4) is 0 Å². The van der Waals surface area contributed by atoms with E-state index < -0.39 is 0 Å². The van der Waals surface area contributed by atoms with E-state index in [9.17, 15) is 0 Å². The van der Waals surface area contributed by atoms with E-state index in [2.05, 4.69) is 15.2 Å². The van der Waals surface area contributed by atoms with Gasteiger partial charge in [-0.1, -0.05) is 0 Å². The molecule has 1 aromatic rings. The van der Waals surface area contributed by atoms with Crippen molar-refractivity contribution in [2.45, 2.75) is 19.3 Å². The van der Waals surface area contributed by atoms with Crippen LogP contribution in [-0.2, 0) is 6.42 Å². The number of H-pyrrole nitrogens is 1. The van der Waals surface area contributed by atoms with Crippen LogP contribution in [0.5, 0.6) is 0 Å². The van der Waals surface area contributed by atoms with Gasteiger partial charge in [0.25, 0.3) is 0 Å². The topological polar surface area (TPSA) is 61.8 Å². The second-order valence-corrected chi connectivity index (χ2v) is 3.27. The number of hydrogen-bond acceptors (Lipinski definition) is 3. The van der Waals surface area contributed by atoms with E-state index >= 15 is 0 Å². The highest BCUT2D eigenvalue weighted by atomic mass is 16.3. The third kappa shape index (κ3) is 1.26. The zero-order valence-corrected chi connectivity index (χ0v) is 6.25. The number of aliphatic hydroxyl groups excluding tert-OH is 1. The highest BCUT2D eigenvalue weighted by Crippen LogP contribution is 2.47. The average molecular weight is 153 g/mol. The van der Waals surface area contributed by atoms with Gasteiger partial charge in [-0.15, -0.1) is 0 Å². The fourth-order valence-electron chi connectivity index (χ4n) is 1.24. The molecule has 60 valence electrons. The predicted octanol–water partition coefficient (Wildman–Crippen LogP) is 0.120. The fourth-order valence-corrected chi connectivity index (χ4v) is 1.24. The van der Waals surface area contributed by atoms with Crippen molar-refractivity contribution in [3.63, 3.8) is 0 Å². The van der Waals surface area contributed by atoms with Crippen molar-refractivity contribution in [3.05, 3.63) is 12.2 Å². The molecular formula is C7H11N3O. The molecule has 1 aromatic heterocycles. The van der Waals surface area contributed by atoms with Crippen LogP contribution in [0, 0.1) is 5.41 Å². The van der Waals surface area contributed by atoms with Crippen LogP contribution < -0.4 is 0 Å². The second-order valence-electron chi connectivity index (χ2n) is 3.27. The standard InChI is InChI=1S/C7H11N3O/c11-4-7(1-2-7)3-6-8-5-9-10-6/h5,11H,1-4H2,(H,8,9,10). The van der Waals surface area contributed by atoms with E-state index in [1.807, 2.05) is 0 Å². The number of nitrogens with zero attached hydrogens (tertiary/aromatic N) is 2. The molecule has 0 unspecified atom stereocenters. The number of aromatic nitrogens is 3. The Kier molecular flexibility index (Phi) is 1.42. The summed E-state index contributed by atoms with van der Waals surface area (Å²) in [6.45, 7) is 0.272. The summed E-state index contributed by atoms with van der Waals surface area (Å²) in [7, 11) is 0. The van der Waals surface area contributed by atoms with E-state index in [-0.39, 0.29) is 12.0 Å². The van der Waals surface area contributed by atoms with Crippen LogP contribution in [0.4, 0.5) is 0 Å². The van der Waals surface area contributed by atoms with Gasteiger partial charge in [0.15, 0.2) is 0 Å². The molecule has 0 amide bonds. The fraction of sp³-hybridized carbons (Fsp3) is 0.714. The lowest BCUT2D eigenvalue weighted by atomic mass is 10.0. The number of aliphatic hydroxyl groups is 1. The summed E-state index contributed by atoms with van der Waals surface area (Å²) in [5.74, 6) is 0.886. The molecule has 0 aliphatic heterocycles. The zero-order chi connectivity index (χ0) is 7.73. The maximum absolute atomic E-state index is 8.99. The highest BCUT2D eigenvalue weighted by Gasteiger charge is 2.42. The summed E-state index contributed by atoms with van der Waals surface area (Å²) in [5, 5.41) is 15.5. The smallest absolute Gasteiger partial charge is 0.137 e. The maximum Gasteiger partial charge on any atom is 0.137 e. The number of hydrogen-bond donors (Lipinski definition) is 2. The van der Waals surface area contributed by atoms with Crippen LogP contribution in [-0.4, -0.2) is 26.9 Å². The molecule has 2 N–H and O–H groups in total. The van der Waals surface area contributed by atoms with Gasteiger partial charge >= 0.3 is 0 Å². The molecule has 11 heavy (non-hydrogen) atoms. The lowest BCUT2D eigenvalue weighted by Gasteiger charge is -2.07. The third-order valence-corrected chi connectivity index (χ3v) is 2.30. The number of aromatic amines is 1. The van der Waals surface area contributed by atoms with Crippen LogP contribution in [0.1, 0.15) is 18.7 Å². The summed E-state index contributed by atoms with van der Waals surface area (Å²) in [6, 6.07) is 0. The molecule has 1 saturated carbocycles. The molecule has 0 bridgehead atoms. The third-order valence-electron chi connectivity index (χ3n) is 2.30. The SMILES string of the molecule is OCC1(Cc2ncn[nH]2)CC1. The Morgan fingerprint density at radius 1 is 1.64 bits per heavy atom. The Morgan fingerprint density at radius 2 is 2.45 bits per heavy atom. The van der Waals surface area contributed by atoms with E-state index in [1.54, 1.807) is 0 Å². The molecule has 1 aliphatic carbocycles. The van der Waals surface area contributed by atoms with Gasteiger partial charge in [-0.05, 0) is 12.8 Å². The average Bonchev–Trinajstić information content (AvgIpc) is 2.59. The van der Waals surface area contributed by atoms with Crippen LogP contribution in [0.15, 0.2) is 6.33 Å². The van der Waals surface area contributed by atoms with Crippen LogP contribution in [0.3, 0.4) is 0 Å². The van der Waals surface area contributed by atoms with Crippen LogP contribution >= 0.6 is 0 Å². The normalized spacial score (nSPS) is 20.1. The molecule has 4 nitrogen and oxygen atoms in total. The molecule has 2 rings (SSSR count). The minimum Gasteiger partial charge on any atom is -0.396 e. The molecule has 1 heterocycles. The molecular weight excluding hydrogens is 142 g/mol. The Hall–Kier alpha value is -0.900. The molecule has 0 saturated heterocycles. The van der Waals surface area contributed by atoms with Gasteiger partial charge < -0.3 is 5.11 Å². The molecule has 0 atom stereocenters. The largest absolute Gasteiger partial charge is 0.396 e. The van der Waals surface area contributed by atoms with Crippen LogP contribution in [0.2, 0.25) is 0 Å². The first kappa shape index (κ1) is 6.79. The van der Waals surface area contributed by atoms with E-state index in [4.69, 9.17) is 5.11 Å². The Labute approximate surface area is 64.7 Å². The second kappa shape index (κ2) is 2.30. The molecule has 1 aliphatic rings. The first-order valence-corrected chi connectivity index (χ1v) is 3.80. The van der Waals surface area contributed by atoms with Gasteiger partial charge in [-0.2, -0.15) is 5.10 Å². The summed E-state index contributed by atoms with van der Waals surface area (Å²) >= 11 is 0. The summed E-state index contributed by atoms with van der Waals surface area (Å²) < 4.78 is 0. The number of rotatable bonds is 3. The van der Waals surface area contributed by atoms with Crippen molar-refractivity contribution >= 4 is 0 Å². The van der Waals surface area contributed by atoms with Gasteiger partial charge in [0, 0.05) is 18.4 Å². The van der Waals surface area contributed by atoms with Crippen molar-refractivity contribution in [1.82, 2.24) is 15.2 Å². The lowest BCUT2D eigenvalue weighted by Crippen LogP contribution is -2.11. The minimum atomic E-state index is 0.138. The Morgan fingerprint density at radius 3 is 2.91 bits per heavy atom. The maximum atomic E-state index is 8.99. The predicted molar refractivity (Wildman–Crippen MR) is 38.8 cm³/mol. The van der Waals surface area contributed by atoms with E-state index in [1.165, 1.54) is 6.33 Å². The van der Waals surface area contributed by atoms with Gasteiger partial charge in [-0.3, -0.25) is 5.10 Å². The van der Waals surface area contributed by atoms with Gasteiger partial charge in [0.1, 0.15) is 12.2 Å². The lowest BCUT2D eigenvalue weighted by molar-refractivity contribution is 0.209. The first-order valence-electron chi connectivity index (χ1n) is 3.80. The van der Waals surface area contributed by atoms with Gasteiger partial charge in [0.2, 0.25) is 0 Å². The van der Waals surface area contributed by atoms with Crippen molar-refractivity contribution in [1.29, 1.82) is 0 Å². The molecule has 0 spiro atoms. The summed E-state index contributed by atoms with van der Waals surface area (Å²) in [6.07, 6.45) is 4.57. The number of nitrogens with one attached hydrogen (secondary N) is 1. The minimum absolute atomic E-state index is 0.138. The molecule has 0 aromatic carbocycles. The van der Waals surface area contributed by atoms with Gasteiger partial charge in [0.05, 0.1) is 0 Å². The van der Waals surface area contributed by atoms with Crippen LogP contribution in [0.25, 0.3) is 0 Å². The monoisotopic (exact) mass is 153 g/mol. The van der Waals surface area contributed by atoms with Gasteiger partial charge in [-0.25, -0.2) is 4.98 Å².